The number of ether oxygens (including phenoxy) is 1. The Labute approximate surface area is 145 Å². The molecule has 3 N–H and O–H groups in total. The first-order chi connectivity index (χ1) is 9.54. The Bertz CT molecular complexity index is 411. The quantitative estimate of drug-likeness (QED) is 0.412. The first kappa shape index (κ1) is 20.1. The summed E-state index contributed by atoms with van der Waals surface area (Å²) in [5.74, 6) is 0.456. The smallest absolute Gasteiger partial charge is 0.188 e. The maximum absolute atomic E-state index is 5.90. The Kier molecular flexibility index (Phi) is 10.4. The van der Waals surface area contributed by atoms with Gasteiger partial charge in [-0.1, -0.05) is 30.3 Å². The Morgan fingerprint density at radius 3 is 2.48 bits per heavy atom. The van der Waals surface area contributed by atoms with Gasteiger partial charge in [-0.15, -0.1) is 24.0 Å². The number of nitrogens with zero attached hydrogens (tertiary/aromatic N) is 2. The average molecular weight is 406 g/mol. The molecule has 1 rings (SSSR count). The van der Waals surface area contributed by atoms with Crippen LogP contribution >= 0.6 is 24.0 Å². The molecule has 0 aliphatic heterocycles. The second-order valence-electron chi connectivity index (χ2n) is 5.12. The molecule has 0 saturated heterocycles. The molecule has 0 aliphatic carbocycles. The molecule has 120 valence electrons. The zero-order chi connectivity index (χ0) is 15.0. The molecule has 0 bridgehead atoms. The van der Waals surface area contributed by atoms with Crippen LogP contribution in [0.15, 0.2) is 35.3 Å². The Balaban J connectivity index is 0.00000400. The predicted octanol–water partition coefficient (Wildman–Crippen LogP) is 1.85. The number of nitrogens with one attached hydrogen (secondary N) is 1. The van der Waals surface area contributed by atoms with Crippen LogP contribution in [0.25, 0.3) is 0 Å². The third-order valence-corrected chi connectivity index (χ3v) is 3.05. The maximum Gasteiger partial charge on any atom is 0.188 e. The van der Waals surface area contributed by atoms with Crippen LogP contribution in [0.3, 0.4) is 0 Å². The third kappa shape index (κ3) is 7.63. The number of hydrogen-bond acceptors (Lipinski definition) is 3. The first-order valence-corrected chi connectivity index (χ1v) is 6.81. The van der Waals surface area contributed by atoms with Gasteiger partial charge in [-0.05, 0) is 26.6 Å². The average Bonchev–Trinajstić information content (AvgIpc) is 2.40. The Morgan fingerprint density at radius 1 is 1.33 bits per heavy atom. The lowest BCUT2D eigenvalue weighted by Crippen LogP contribution is -2.41. The van der Waals surface area contributed by atoms with E-state index in [1.54, 1.807) is 7.11 Å². The zero-order valence-corrected chi connectivity index (χ0v) is 15.6. The summed E-state index contributed by atoms with van der Waals surface area (Å²) in [7, 11) is 5.76. The van der Waals surface area contributed by atoms with E-state index >= 15 is 0 Å². The molecule has 21 heavy (non-hydrogen) atoms. The van der Waals surface area contributed by atoms with Crippen LogP contribution in [0, 0.1) is 0 Å². The van der Waals surface area contributed by atoms with E-state index in [-0.39, 0.29) is 36.1 Å². The summed E-state index contributed by atoms with van der Waals surface area (Å²) < 4.78 is 5.06. The molecule has 2 unspecified atom stereocenters. The van der Waals surface area contributed by atoms with Crippen molar-refractivity contribution in [1.29, 1.82) is 0 Å². The van der Waals surface area contributed by atoms with Crippen LogP contribution < -0.4 is 11.1 Å². The molecule has 0 fully saturated rings. The molecule has 0 amide bonds. The molecular weight excluding hydrogens is 379 g/mol. The van der Waals surface area contributed by atoms with Gasteiger partial charge in [0, 0.05) is 13.2 Å². The minimum absolute atomic E-state index is 0. The molecule has 2 atom stereocenters. The topological polar surface area (TPSA) is 62.9 Å². The second kappa shape index (κ2) is 10.8. The highest BCUT2D eigenvalue weighted by Crippen LogP contribution is 2.17. The number of hydrogen-bond donors (Lipinski definition) is 2. The lowest BCUT2D eigenvalue weighted by molar-refractivity contribution is 0.179. The summed E-state index contributed by atoms with van der Waals surface area (Å²) in [4.78, 5) is 6.57. The van der Waals surface area contributed by atoms with Crippen molar-refractivity contribution in [3.05, 3.63) is 35.9 Å². The minimum atomic E-state index is 0. The highest BCUT2D eigenvalue weighted by atomic mass is 127. The number of methoxy groups -OCH3 is 1. The number of benzene rings is 1. The van der Waals surface area contributed by atoms with Gasteiger partial charge in [0.15, 0.2) is 5.96 Å². The standard InChI is InChI=1S/C15H26N4O.HI/c1-12(11-20-4)18-15(16)17-10-14(19(2)3)13-8-6-5-7-9-13;/h5-9,12,14H,10-11H2,1-4H3,(H3,16,17,18);1H. The number of guanidine groups is 1. The van der Waals surface area contributed by atoms with Crippen molar-refractivity contribution in [3.8, 4) is 0 Å². The fourth-order valence-electron chi connectivity index (χ4n) is 2.02. The largest absolute Gasteiger partial charge is 0.383 e. The number of rotatable bonds is 7. The van der Waals surface area contributed by atoms with Crippen molar-refractivity contribution < 1.29 is 4.74 Å². The molecule has 0 heterocycles. The lowest BCUT2D eigenvalue weighted by atomic mass is 10.1. The van der Waals surface area contributed by atoms with Gasteiger partial charge in [-0.3, -0.25) is 4.99 Å². The third-order valence-electron chi connectivity index (χ3n) is 3.05. The maximum atomic E-state index is 5.90. The molecule has 0 saturated carbocycles. The summed E-state index contributed by atoms with van der Waals surface area (Å²) in [6, 6.07) is 10.7. The van der Waals surface area contributed by atoms with Gasteiger partial charge in [-0.2, -0.15) is 0 Å². The Hall–Kier alpha value is -0.860. The molecule has 0 aliphatic rings. The van der Waals surface area contributed by atoms with E-state index in [0.717, 1.165) is 0 Å². The number of aliphatic imine (C=N–C) groups is 1. The first-order valence-electron chi connectivity index (χ1n) is 6.81. The van der Waals surface area contributed by atoms with Crippen molar-refractivity contribution in [2.24, 2.45) is 10.7 Å². The van der Waals surface area contributed by atoms with E-state index in [4.69, 9.17) is 10.5 Å². The van der Waals surface area contributed by atoms with Gasteiger partial charge in [-0.25, -0.2) is 0 Å². The van der Waals surface area contributed by atoms with E-state index in [9.17, 15) is 0 Å². The summed E-state index contributed by atoms with van der Waals surface area (Å²) >= 11 is 0. The monoisotopic (exact) mass is 406 g/mol. The summed E-state index contributed by atoms with van der Waals surface area (Å²) in [6.07, 6.45) is 0. The Morgan fingerprint density at radius 2 is 1.95 bits per heavy atom. The van der Waals surface area contributed by atoms with Crippen molar-refractivity contribution in [2.45, 2.75) is 19.0 Å². The minimum Gasteiger partial charge on any atom is -0.383 e. The second-order valence-corrected chi connectivity index (χ2v) is 5.12. The van der Waals surface area contributed by atoms with E-state index in [0.29, 0.717) is 19.1 Å². The number of halogens is 1. The summed E-state index contributed by atoms with van der Waals surface area (Å²) in [5.41, 5.74) is 7.13. The molecule has 5 nitrogen and oxygen atoms in total. The molecule has 6 heteroatoms. The van der Waals surface area contributed by atoms with Crippen LogP contribution in [-0.4, -0.2) is 51.3 Å². The van der Waals surface area contributed by atoms with Crippen LogP contribution in [0.4, 0.5) is 0 Å². The van der Waals surface area contributed by atoms with E-state index in [1.165, 1.54) is 5.56 Å². The highest BCUT2D eigenvalue weighted by molar-refractivity contribution is 14.0. The number of nitrogens with two attached hydrogens (primary N) is 1. The molecular formula is C15H27IN4O. The van der Waals surface area contributed by atoms with Crippen molar-refractivity contribution in [2.75, 3.05) is 34.4 Å². The van der Waals surface area contributed by atoms with Gasteiger partial charge in [0.2, 0.25) is 0 Å². The molecule has 0 spiro atoms. The summed E-state index contributed by atoms with van der Waals surface area (Å²) in [5, 5.41) is 3.11. The summed E-state index contributed by atoms with van der Waals surface area (Å²) in [6.45, 7) is 3.23. The predicted molar refractivity (Wildman–Crippen MR) is 99.2 cm³/mol. The van der Waals surface area contributed by atoms with Crippen molar-refractivity contribution in [1.82, 2.24) is 10.2 Å². The fourth-order valence-corrected chi connectivity index (χ4v) is 2.02. The van der Waals surface area contributed by atoms with Crippen molar-refractivity contribution >= 4 is 29.9 Å². The van der Waals surface area contributed by atoms with E-state index in [2.05, 4.69) is 27.3 Å². The van der Waals surface area contributed by atoms with E-state index in [1.807, 2.05) is 39.2 Å². The van der Waals surface area contributed by atoms with Gasteiger partial charge in [0.1, 0.15) is 0 Å². The van der Waals surface area contributed by atoms with Crippen LogP contribution in [0.5, 0.6) is 0 Å². The van der Waals surface area contributed by atoms with Gasteiger partial charge in [0.05, 0.1) is 19.2 Å². The molecule has 1 aromatic carbocycles. The van der Waals surface area contributed by atoms with Crippen LogP contribution in [0.1, 0.15) is 18.5 Å². The zero-order valence-electron chi connectivity index (χ0n) is 13.2. The molecule has 1 aromatic rings. The van der Waals surface area contributed by atoms with Crippen molar-refractivity contribution in [3.63, 3.8) is 0 Å². The normalized spacial score (nSPS) is 14.4. The van der Waals surface area contributed by atoms with Crippen LogP contribution in [0.2, 0.25) is 0 Å². The molecule has 0 radical (unpaired) electrons. The van der Waals surface area contributed by atoms with Gasteiger partial charge in [0.25, 0.3) is 0 Å². The lowest BCUT2D eigenvalue weighted by Gasteiger charge is -2.23. The molecule has 0 aromatic heterocycles. The fraction of sp³-hybridized carbons (Fsp3) is 0.533. The SMILES string of the molecule is COCC(C)NC(N)=NCC(c1ccccc1)N(C)C.I. The van der Waals surface area contributed by atoms with Crippen LogP contribution in [-0.2, 0) is 4.74 Å². The van der Waals surface area contributed by atoms with Gasteiger partial charge >= 0.3 is 0 Å². The highest BCUT2D eigenvalue weighted by Gasteiger charge is 2.13. The number of likely N-dealkylation sites (N-methyl/N-ethyl adjacent to an activating group) is 1. The van der Waals surface area contributed by atoms with Gasteiger partial charge < -0.3 is 20.7 Å². The van der Waals surface area contributed by atoms with E-state index < -0.39 is 0 Å².